The lowest BCUT2D eigenvalue weighted by Crippen LogP contribution is -2.08. The van der Waals surface area contributed by atoms with Crippen LogP contribution in [0.2, 0.25) is 0 Å². The Bertz CT molecular complexity index is 2910. The smallest absolute Gasteiger partial charge is 0.164 e. The van der Waals surface area contributed by atoms with E-state index in [4.69, 9.17) is 15.0 Å². The maximum Gasteiger partial charge on any atom is 0.164 e. The second-order valence-corrected chi connectivity index (χ2v) is 14.2. The molecule has 0 spiro atoms. The first kappa shape index (κ1) is 30.7. The molecule has 0 unspecified atom stereocenters. The van der Waals surface area contributed by atoms with E-state index in [1.165, 1.54) is 60.8 Å². The number of hydrogen-bond donors (Lipinski definition) is 0. The number of rotatable bonds is 5. The number of para-hydroxylation sites is 1. The average molecular weight is 694 g/mol. The van der Waals surface area contributed by atoms with Gasteiger partial charge in [-0.05, 0) is 79.3 Å². The summed E-state index contributed by atoms with van der Waals surface area (Å²) in [5.41, 5.74) is 14.5. The maximum absolute atomic E-state index is 5.00. The molecule has 3 heterocycles. The summed E-state index contributed by atoms with van der Waals surface area (Å²) in [7, 11) is 0. The Hall–Kier alpha value is -6.85. The molecule has 0 fully saturated rings. The van der Waals surface area contributed by atoms with Crippen LogP contribution >= 0.6 is 0 Å². The number of nitrogens with zero attached hydrogens (tertiary/aromatic N) is 5. The van der Waals surface area contributed by atoms with E-state index < -0.39 is 0 Å². The number of benzene rings is 6. The molecule has 54 heavy (non-hydrogen) atoms. The van der Waals surface area contributed by atoms with Gasteiger partial charge in [0.25, 0.3) is 0 Å². The lowest BCUT2D eigenvalue weighted by Gasteiger charge is -2.20. The zero-order valence-electron chi connectivity index (χ0n) is 29.7. The Morgan fingerprint density at radius 3 is 1.85 bits per heavy atom. The van der Waals surface area contributed by atoms with Crippen molar-refractivity contribution < 1.29 is 0 Å². The van der Waals surface area contributed by atoms with Gasteiger partial charge in [-0.3, -0.25) is 0 Å². The SMILES string of the molecule is C1=Cc2cccc(-n3c4c(c5c3ccc3c6ccccc6n(-c6ccc(-c7nc(-c8ccccc8)nc(-c8ccccc8)n7)cc6)c35)C=CCC4)c2CC1. The molecule has 2 aliphatic rings. The molecule has 0 N–H and O–H groups in total. The maximum atomic E-state index is 5.00. The van der Waals surface area contributed by atoms with Gasteiger partial charge in [0.2, 0.25) is 0 Å². The van der Waals surface area contributed by atoms with Crippen molar-refractivity contribution >= 4 is 44.9 Å². The van der Waals surface area contributed by atoms with Gasteiger partial charge in [0.15, 0.2) is 17.5 Å². The molecule has 5 nitrogen and oxygen atoms in total. The highest BCUT2D eigenvalue weighted by molar-refractivity contribution is 6.20. The molecule has 3 aromatic heterocycles. The first-order valence-corrected chi connectivity index (χ1v) is 18.8. The van der Waals surface area contributed by atoms with Gasteiger partial charge in [0, 0.05) is 55.5 Å². The molecule has 6 aromatic carbocycles. The van der Waals surface area contributed by atoms with E-state index in [2.05, 4.69) is 112 Å². The van der Waals surface area contributed by atoms with Crippen LogP contribution < -0.4 is 0 Å². The van der Waals surface area contributed by atoms with Crippen LogP contribution in [0.3, 0.4) is 0 Å². The predicted octanol–water partition coefficient (Wildman–Crippen LogP) is 11.8. The van der Waals surface area contributed by atoms with Gasteiger partial charge in [0.1, 0.15) is 0 Å². The first-order chi connectivity index (χ1) is 26.8. The molecule has 0 bridgehead atoms. The summed E-state index contributed by atoms with van der Waals surface area (Å²) in [6.07, 6.45) is 13.5. The quantitative estimate of drug-likeness (QED) is 0.180. The van der Waals surface area contributed by atoms with Crippen molar-refractivity contribution in [1.29, 1.82) is 0 Å². The molecule has 9 aromatic rings. The Morgan fingerprint density at radius 1 is 0.463 bits per heavy atom. The van der Waals surface area contributed by atoms with Gasteiger partial charge >= 0.3 is 0 Å². The summed E-state index contributed by atoms with van der Waals surface area (Å²) in [5, 5.41) is 3.82. The van der Waals surface area contributed by atoms with Crippen LogP contribution in [-0.4, -0.2) is 24.1 Å². The minimum absolute atomic E-state index is 0.649. The van der Waals surface area contributed by atoms with Crippen molar-refractivity contribution in [2.45, 2.75) is 25.7 Å². The minimum atomic E-state index is 0.649. The highest BCUT2D eigenvalue weighted by atomic mass is 15.0. The van der Waals surface area contributed by atoms with E-state index in [1.807, 2.05) is 60.7 Å². The molecule has 0 saturated carbocycles. The molecule has 0 radical (unpaired) electrons. The second-order valence-electron chi connectivity index (χ2n) is 14.2. The molecule has 2 aliphatic carbocycles. The fraction of sp³-hybridized carbons (Fsp3) is 0.0816. The fourth-order valence-electron chi connectivity index (χ4n) is 8.66. The summed E-state index contributed by atoms with van der Waals surface area (Å²) < 4.78 is 5.04. The van der Waals surface area contributed by atoms with E-state index in [9.17, 15) is 0 Å². The summed E-state index contributed by atoms with van der Waals surface area (Å²) in [4.78, 5) is 14.9. The van der Waals surface area contributed by atoms with Gasteiger partial charge in [-0.25, -0.2) is 15.0 Å². The molecule has 0 aliphatic heterocycles. The molecule has 0 atom stereocenters. The number of aromatic nitrogens is 5. The standard InChI is InChI=1S/C49H35N5/c1-3-15-33(16-4-1)47-50-48(34-17-5-2-6-18-34)52-49(51-47)35-26-28-36(29-27-35)53-42-23-11-9-21-38(42)39-30-31-44-45(46(39)53)40-22-10-12-24-43(40)54(44)41-25-13-19-32-14-7-8-20-37(32)41/h1-7,9-11,13-19,21-23,25-31H,8,12,20,24H2. The van der Waals surface area contributed by atoms with Crippen LogP contribution in [0.5, 0.6) is 0 Å². The monoisotopic (exact) mass is 693 g/mol. The molecular weight excluding hydrogens is 659 g/mol. The molecule has 256 valence electrons. The van der Waals surface area contributed by atoms with Gasteiger partial charge in [-0.2, -0.15) is 0 Å². The van der Waals surface area contributed by atoms with Crippen LogP contribution in [0.15, 0.2) is 152 Å². The van der Waals surface area contributed by atoms with Crippen LogP contribution in [0.25, 0.3) is 90.4 Å². The second kappa shape index (κ2) is 12.4. The topological polar surface area (TPSA) is 48.5 Å². The Kier molecular flexibility index (Phi) is 7.05. The van der Waals surface area contributed by atoms with Gasteiger partial charge in [0.05, 0.1) is 16.6 Å². The van der Waals surface area contributed by atoms with Gasteiger partial charge in [-0.1, -0.05) is 121 Å². The highest BCUT2D eigenvalue weighted by Gasteiger charge is 2.26. The number of fused-ring (bicyclic) bond motifs is 8. The summed E-state index contributed by atoms with van der Waals surface area (Å²) in [6.45, 7) is 0. The third kappa shape index (κ3) is 4.82. The Morgan fingerprint density at radius 2 is 1.11 bits per heavy atom. The van der Waals surface area contributed by atoms with Crippen molar-refractivity contribution in [1.82, 2.24) is 24.1 Å². The molecule has 11 rings (SSSR count). The highest BCUT2D eigenvalue weighted by Crippen LogP contribution is 2.43. The van der Waals surface area contributed by atoms with E-state index in [0.717, 1.165) is 48.1 Å². The molecule has 0 amide bonds. The molecular formula is C49H35N5. The van der Waals surface area contributed by atoms with Crippen molar-refractivity contribution in [2.75, 3.05) is 0 Å². The van der Waals surface area contributed by atoms with Crippen molar-refractivity contribution in [3.8, 4) is 45.5 Å². The van der Waals surface area contributed by atoms with Crippen molar-refractivity contribution in [2.24, 2.45) is 0 Å². The van der Waals surface area contributed by atoms with Gasteiger partial charge in [-0.15, -0.1) is 0 Å². The summed E-state index contributed by atoms with van der Waals surface area (Å²) in [6, 6.07) is 49.3. The Balaban J connectivity index is 1.13. The number of allylic oxidation sites excluding steroid dienone is 2. The minimum Gasteiger partial charge on any atom is -0.313 e. The zero-order valence-corrected chi connectivity index (χ0v) is 29.7. The predicted molar refractivity (Wildman–Crippen MR) is 222 cm³/mol. The lowest BCUT2D eigenvalue weighted by atomic mass is 9.95. The zero-order chi connectivity index (χ0) is 35.6. The van der Waals surface area contributed by atoms with Crippen LogP contribution in [0.4, 0.5) is 0 Å². The number of hydrogen-bond acceptors (Lipinski definition) is 3. The third-order valence-electron chi connectivity index (χ3n) is 11.1. The lowest BCUT2D eigenvalue weighted by molar-refractivity contribution is 0.870. The van der Waals surface area contributed by atoms with E-state index in [1.54, 1.807) is 0 Å². The van der Waals surface area contributed by atoms with E-state index in [-0.39, 0.29) is 0 Å². The first-order valence-electron chi connectivity index (χ1n) is 18.8. The molecule has 0 saturated heterocycles. The van der Waals surface area contributed by atoms with Crippen LogP contribution in [0, 0.1) is 0 Å². The van der Waals surface area contributed by atoms with Crippen LogP contribution in [-0.2, 0) is 12.8 Å². The normalized spacial score (nSPS) is 13.5. The summed E-state index contributed by atoms with van der Waals surface area (Å²) in [5.74, 6) is 1.97. The van der Waals surface area contributed by atoms with E-state index in [0.29, 0.717) is 17.5 Å². The third-order valence-corrected chi connectivity index (χ3v) is 11.1. The average Bonchev–Trinajstić information content (AvgIpc) is 3.77. The van der Waals surface area contributed by atoms with Crippen molar-refractivity contribution in [3.63, 3.8) is 0 Å². The summed E-state index contributed by atoms with van der Waals surface area (Å²) >= 11 is 0. The van der Waals surface area contributed by atoms with Crippen LogP contribution in [0.1, 0.15) is 35.2 Å². The van der Waals surface area contributed by atoms with Gasteiger partial charge < -0.3 is 9.13 Å². The van der Waals surface area contributed by atoms with E-state index >= 15 is 0 Å². The fourth-order valence-corrected chi connectivity index (χ4v) is 8.66. The molecule has 5 heteroatoms. The largest absolute Gasteiger partial charge is 0.313 e. The van der Waals surface area contributed by atoms with Crippen molar-refractivity contribution in [3.05, 3.63) is 174 Å². The Labute approximate surface area is 313 Å².